The van der Waals surface area contributed by atoms with Crippen LogP contribution in [0.4, 0.5) is 0 Å². The molecule has 2 heteroatoms. The van der Waals surface area contributed by atoms with Gasteiger partial charge in [-0.15, -0.1) is 0 Å². The first-order valence-electron chi connectivity index (χ1n) is 4.61. The number of imidazole rings is 1. The lowest BCUT2D eigenvalue weighted by Crippen LogP contribution is -2.29. The highest BCUT2D eigenvalue weighted by Crippen LogP contribution is 1.98. The summed E-state index contributed by atoms with van der Waals surface area (Å²) in [7, 11) is 0. The molecule has 1 aromatic rings. The van der Waals surface area contributed by atoms with Gasteiger partial charge in [0.25, 0.3) is 0 Å². The summed E-state index contributed by atoms with van der Waals surface area (Å²) in [6, 6.07) is 0. The zero-order chi connectivity index (χ0) is 9.68. The maximum Gasteiger partial charge on any atom is 0.244 e. The second kappa shape index (κ2) is 4.65. The van der Waals surface area contributed by atoms with Crippen molar-refractivity contribution < 1.29 is 4.57 Å². The van der Waals surface area contributed by atoms with Gasteiger partial charge in [-0.1, -0.05) is 32.2 Å². The third kappa shape index (κ3) is 2.31. The van der Waals surface area contributed by atoms with E-state index in [4.69, 9.17) is 0 Å². The highest BCUT2D eigenvalue weighted by atomic mass is 15.1. The van der Waals surface area contributed by atoms with E-state index in [9.17, 15) is 0 Å². The Morgan fingerprint density at radius 3 is 2.77 bits per heavy atom. The molecule has 0 saturated carbocycles. The van der Waals surface area contributed by atoms with Gasteiger partial charge in [-0.2, -0.15) is 0 Å². The molecule has 0 saturated heterocycles. The Kier molecular flexibility index (Phi) is 3.50. The second-order valence-corrected chi connectivity index (χ2v) is 3.02. The summed E-state index contributed by atoms with van der Waals surface area (Å²) < 4.78 is 4.34. The Balaban J connectivity index is 2.89. The molecule has 70 valence electrons. The molecule has 0 aliphatic heterocycles. The molecule has 0 amide bonds. The lowest BCUT2D eigenvalue weighted by atomic mass is 10.3. The molecule has 0 bridgehead atoms. The third-order valence-electron chi connectivity index (χ3n) is 2.00. The van der Waals surface area contributed by atoms with Gasteiger partial charge in [0.2, 0.25) is 6.33 Å². The molecule has 1 rings (SSSR count). The van der Waals surface area contributed by atoms with Crippen LogP contribution < -0.4 is 4.57 Å². The average molecular weight is 177 g/mol. The topological polar surface area (TPSA) is 8.81 Å². The molecular weight excluding hydrogens is 160 g/mol. The molecule has 0 spiro atoms. The van der Waals surface area contributed by atoms with Gasteiger partial charge in [0.15, 0.2) is 0 Å². The number of aryl methyl sites for hydroxylation is 1. The van der Waals surface area contributed by atoms with Crippen LogP contribution in [0.3, 0.4) is 0 Å². The van der Waals surface area contributed by atoms with Gasteiger partial charge in [-0.3, -0.25) is 0 Å². The molecule has 0 unspecified atom stereocenters. The van der Waals surface area contributed by atoms with Crippen molar-refractivity contribution in [1.29, 1.82) is 0 Å². The van der Waals surface area contributed by atoms with Crippen molar-refractivity contribution in [2.75, 3.05) is 0 Å². The Morgan fingerprint density at radius 1 is 1.46 bits per heavy atom. The number of nitrogens with zero attached hydrogens (tertiary/aromatic N) is 2. The van der Waals surface area contributed by atoms with Crippen molar-refractivity contribution in [3.63, 3.8) is 0 Å². The molecule has 0 radical (unpaired) electrons. The molecule has 1 heterocycles. The molecule has 13 heavy (non-hydrogen) atoms. The van der Waals surface area contributed by atoms with E-state index in [2.05, 4.69) is 41.7 Å². The summed E-state index contributed by atoms with van der Waals surface area (Å²) in [5.74, 6) is 0. The normalized spacial score (nSPS) is 9.92. The summed E-state index contributed by atoms with van der Waals surface area (Å²) in [4.78, 5) is 0. The number of hydrogen-bond acceptors (Lipinski definition) is 0. The molecule has 2 nitrogen and oxygen atoms in total. The molecule has 0 aromatic carbocycles. The van der Waals surface area contributed by atoms with Crippen molar-refractivity contribution in [2.45, 2.75) is 26.4 Å². The fraction of sp³-hybridized carbons (Fsp3) is 0.364. The minimum atomic E-state index is 0.872. The van der Waals surface area contributed by atoms with E-state index in [0.717, 1.165) is 19.5 Å². The summed E-state index contributed by atoms with van der Waals surface area (Å²) in [5, 5.41) is 0. The van der Waals surface area contributed by atoms with E-state index in [0.29, 0.717) is 0 Å². The minimum absolute atomic E-state index is 0.872. The Morgan fingerprint density at radius 2 is 2.23 bits per heavy atom. The third-order valence-corrected chi connectivity index (χ3v) is 2.00. The monoisotopic (exact) mass is 177 g/mol. The SMILES string of the molecule is C=CCn1c[n+](CC=C)cc1CC. The van der Waals surface area contributed by atoms with Crippen LogP contribution in [0.1, 0.15) is 12.6 Å². The van der Waals surface area contributed by atoms with Gasteiger partial charge in [0.1, 0.15) is 25.0 Å². The number of aromatic nitrogens is 2. The Labute approximate surface area is 79.8 Å². The first kappa shape index (κ1) is 9.78. The van der Waals surface area contributed by atoms with Crippen LogP contribution in [0.2, 0.25) is 0 Å². The zero-order valence-corrected chi connectivity index (χ0v) is 8.24. The molecule has 0 N–H and O–H groups in total. The quantitative estimate of drug-likeness (QED) is 0.478. The van der Waals surface area contributed by atoms with Crippen LogP contribution in [0, 0.1) is 0 Å². The summed E-state index contributed by atoms with van der Waals surface area (Å²) >= 11 is 0. The smallest absolute Gasteiger partial charge is 0.233 e. The van der Waals surface area contributed by atoms with Gasteiger partial charge in [-0.25, -0.2) is 9.13 Å². The van der Waals surface area contributed by atoms with E-state index in [1.54, 1.807) is 0 Å². The summed E-state index contributed by atoms with van der Waals surface area (Å²) in [6.07, 6.45) is 9.13. The maximum absolute atomic E-state index is 3.74. The Bertz CT molecular complexity index is 297. The molecule has 1 aromatic heterocycles. The molecule has 0 aliphatic rings. The van der Waals surface area contributed by atoms with Gasteiger partial charge in [-0.05, 0) is 0 Å². The van der Waals surface area contributed by atoms with Gasteiger partial charge >= 0.3 is 0 Å². The van der Waals surface area contributed by atoms with Gasteiger partial charge in [0, 0.05) is 6.42 Å². The van der Waals surface area contributed by atoms with Crippen LogP contribution in [0.15, 0.2) is 37.8 Å². The number of allylic oxidation sites excluding steroid dienone is 2. The highest BCUT2D eigenvalue weighted by Gasteiger charge is 2.08. The number of hydrogen-bond donors (Lipinski definition) is 0. The van der Waals surface area contributed by atoms with E-state index >= 15 is 0 Å². The van der Waals surface area contributed by atoms with Crippen LogP contribution in [0.25, 0.3) is 0 Å². The first-order chi connectivity index (χ1) is 6.31. The van der Waals surface area contributed by atoms with Crippen LogP contribution in [-0.2, 0) is 19.5 Å². The van der Waals surface area contributed by atoms with Crippen molar-refractivity contribution >= 4 is 0 Å². The minimum Gasteiger partial charge on any atom is -0.233 e. The second-order valence-electron chi connectivity index (χ2n) is 3.02. The zero-order valence-electron chi connectivity index (χ0n) is 8.24. The van der Waals surface area contributed by atoms with Gasteiger partial charge < -0.3 is 0 Å². The number of rotatable bonds is 5. The van der Waals surface area contributed by atoms with Crippen LogP contribution in [-0.4, -0.2) is 4.57 Å². The van der Waals surface area contributed by atoms with Gasteiger partial charge in [0.05, 0.1) is 0 Å². The molecule has 0 atom stereocenters. The lowest BCUT2D eigenvalue weighted by molar-refractivity contribution is -0.686. The van der Waals surface area contributed by atoms with E-state index in [1.807, 2.05) is 12.2 Å². The highest BCUT2D eigenvalue weighted by molar-refractivity contribution is 4.94. The fourth-order valence-corrected chi connectivity index (χ4v) is 1.40. The van der Waals surface area contributed by atoms with Crippen molar-refractivity contribution in [3.8, 4) is 0 Å². The van der Waals surface area contributed by atoms with Crippen molar-refractivity contribution in [2.24, 2.45) is 0 Å². The predicted molar refractivity (Wildman–Crippen MR) is 54.4 cm³/mol. The van der Waals surface area contributed by atoms with E-state index in [-0.39, 0.29) is 0 Å². The first-order valence-corrected chi connectivity index (χ1v) is 4.61. The molecule has 0 aliphatic carbocycles. The van der Waals surface area contributed by atoms with Crippen LogP contribution >= 0.6 is 0 Å². The van der Waals surface area contributed by atoms with E-state index in [1.165, 1.54) is 5.69 Å². The summed E-state index contributed by atoms with van der Waals surface area (Å²) in [6.45, 7) is 11.4. The maximum atomic E-state index is 3.74. The Hall–Kier alpha value is -1.31. The standard InChI is InChI=1S/C11H17N2/c1-4-7-12-9-11(6-3)13(10-12)8-5-2/h4-5,9-10H,1-2,6-8H2,3H3/q+1. The largest absolute Gasteiger partial charge is 0.244 e. The van der Waals surface area contributed by atoms with Crippen LogP contribution in [0.5, 0.6) is 0 Å². The molecular formula is C11H17N2+. The summed E-state index contributed by atoms with van der Waals surface area (Å²) in [5.41, 5.74) is 1.33. The van der Waals surface area contributed by atoms with E-state index < -0.39 is 0 Å². The molecule has 0 fully saturated rings. The van der Waals surface area contributed by atoms with Crippen molar-refractivity contribution in [3.05, 3.63) is 43.5 Å². The predicted octanol–water partition coefficient (Wildman–Crippen LogP) is 1.71. The fourth-order valence-electron chi connectivity index (χ4n) is 1.40. The average Bonchev–Trinajstić information content (AvgIpc) is 2.49. The van der Waals surface area contributed by atoms with Crippen molar-refractivity contribution in [1.82, 2.24) is 4.57 Å². The lowest BCUT2D eigenvalue weighted by Gasteiger charge is -1.92.